The second kappa shape index (κ2) is 11.3. The number of hydrogen-bond acceptors (Lipinski definition) is 5. The van der Waals surface area contributed by atoms with Crippen LogP contribution in [0.1, 0.15) is 35.7 Å². The zero-order valence-corrected chi connectivity index (χ0v) is 20.6. The first-order chi connectivity index (χ1) is 16.6. The van der Waals surface area contributed by atoms with Crippen molar-refractivity contribution in [3.8, 4) is 23.1 Å². The molecule has 1 fully saturated rings. The predicted octanol–water partition coefficient (Wildman–Crippen LogP) is 4.46. The monoisotopic (exact) mass is 474 g/mol. The summed E-state index contributed by atoms with van der Waals surface area (Å²) >= 11 is 1.88. The van der Waals surface area contributed by atoms with Crippen LogP contribution in [0.3, 0.4) is 0 Å². The number of rotatable bonds is 8. The lowest BCUT2D eigenvalue weighted by Crippen LogP contribution is -2.40. The molecule has 0 unspecified atom stereocenters. The number of carbonyl (C=O) groups excluding carboxylic acids is 1. The molecule has 1 amide bonds. The van der Waals surface area contributed by atoms with E-state index in [0.717, 1.165) is 65.4 Å². The zero-order valence-electron chi connectivity index (χ0n) is 19.8. The van der Waals surface area contributed by atoms with Crippen LogP contribution in [-0.4, -0.2) is 51.8 Å². The van der Waals surface area contributed by atoms with Gasteiger partial charge in [0.1, 0.15) is 0 Å². The molecule has 0 bridgehead atoms. The topological polar surface area (TPSA) is 71.2 Å². The van der Waals surface area contributed by atoms with Crippen molar-refractivity contribution in [3.63, 3.8) is 0 Å². The van der Waals surface area contributed by atoms with Crippen LogP contribution in [0.2, 0.25) is 0 Å². The Balaban J connectivity index is 1.53. The molecule has 34 heavy (non-hydrogen) atoms. The van der Waals surface area contributed by atoms with Crippen molar-refractivity contribution in [3.05, 3.63) is 70.9 Å². The van der Waals surface area contributed by atoms with Crippen molar-refractivity contribution in [1.82, 2.24) is 14.7 Å². The Kier molecular flexibility index (Phi) is 7.91. The minimum Gasteiger partial charge on any atom is -0.468 e. The third-order valence-electron chi connectivity index (χ3n) is 6.05. The summed E-state index contributed by atoms with van der Waals surface area (Å²) in [6.45, 7) is 3.74. The van der Waals surface area contributed by atoms with Crippen molar-refractivity contribution in [2.24, 2.45) is 7.05 Å². The van der Waals surface area contributed by atoms with Crippen LogP contribution in [0.4, 0.5) is 0 Å². The molecule has 3 aromatic rings. The molecule has 0 saturated carbocycles. The number of thioether (sulfide) groups is 1. The molecule has 0 radical (unpaired) electrons. The fraction of sp³-hybridized carbons (Fsp3) is 0.370. The SMILES string of the molecule is CCCc1nn(C)c(OCC(=O)N2CCSCC2)c1Cc1ccc(-c2ccccc2C#N)cc1. The number of hydrogen-bond donors (Lipinski definition) is 0. The maximum absolute atomic E-state index is 12.6. The van der Waals surface area contributed by atoms with Gasteiger partial charge in [-0.1, -0.05) is 55.8 Å². The highest BCUT2D eigenvalue weighted by atomic mass is 32.2. The molecule has 1 aromatic heterocycles. The molecule has 1 saturated heterocycles. The van der Waals surface area contributed by atoms with E-state index in [1.54, 1.807) is 4.68 Å². The molecule has 0 atom stereocenters. The van der Waals surface area contributed by atoms with E-state index in [1.807, 2.05) is 48.0 Å². The first-order valence-corrected chi connectivity index (χ1v) is 12.9. The summed E-state index contributed by atoms with van der Waals surface area (Å²) in [5.74, 6) is 2.67. The second-order valence-corrected chi connectivity index (χ2v) is 9.64. The van der Waals surface area contributed by atoms with Gasteiger partial charge in [-0.15, -0.1) is 0 Å². The molecule has 4 rings (SSSR count). The van der Waals surface area contributed by atoms with Crippen molar-refractivity contribution in [2.45, 2.75) is 26.2 Å². The number of nitriles is 1. The standard InChI is InChI=1S/C27H30N4O2S/c1-3-6-25-24(27(30(2)29-25)33-19-26(32)31-13-15-34-16-14-31)17-20-9-11-21(12-10-20)23-8-5-4-7-22(23)18-28/h4-5,7-12H,3,6,13-17,19H2,1-2H3. The van der Waals surface area contributed by atoms with E-state index in [2.05, 4.69) is 37.3 Å². The third kappa shape index (κ3) is 5.45. The lowest BCUT2D eigenvalue weighted by Gasteiger charge is -2.26. The molecular weight excluding hydrogens is 444 g/mol. The Bertz CT molecular complexity index is 1170. The summed E-state index contributed by atoms with van der Waals surface area (Å²) < 4.78 is 7.83. The van der Waals surface area contributed by atoms with E-state index in [-0.39, 0.29) is 12.5 Å². The van der Waals surface area contributed by atoms with Gasteiger partial charge < -0.3 is 9.64 Å². The quantitative estimate of drug-likeness (QED) is 0.482. The molecule has 2 heterocycles. The molecule has 0 spiro atoms. The van der Waals surface area contributed by atoms with E-state index in [9.17, 15) is 10.1 Å². The van der Waals surface area contributed by atoms with Gasteiger partial charge in [0.15, 0.2) is 6.61 Å². The molecule has 1 aliphatic heterocycles. The van der Waals surface area contributed by atoms with E-state index in [1.165, 1.54) is 0 Å². The molecule has 7 heteroatoms. The van der Waals surface area contributed by atoms with Crippen LogP contribution < -0.4 is 4.74 Å². The van der Waals surface area contributed by atoms with Crippen molar-refractivity contribution < 1.29 is 9.53 Å². The van der Waals surface area contributed by atoms with E-state index >= 15 is 0 Å². The van der Waals surface area contributed by atoms with Gasteiger partial charge >= 0.3 is 0 Å². The van der Waals surface area contributed by atoms with Gasteiger partial charge in [-0.3, -0.25) is 4.79 Å². The van der Waals surface area contributed by atoms with Gasteiger partial charge in [0.05, 0.1) is 17.3 Å². The van der Waals surface area contributed by atoms with Crippen LogP contribution in [0, 0.1) is 11.3 Å². The Labute approximate surface area is 205 Å². The number of aryl methyl sites for hydroxylation is 2. The minimum atomic E-state index is 0.0324. The number of benzene rings is 2. The second-order valence-electron chi connectivity index (χ2n) is 8.42. The highest BCUT2D eigenvalue weighted by Gasteiger charge is 2.21. The van der Waals surface area contributed by atoms with E-state index in [0.29, 0.717) is 17.9 Å². The van der Waals surface area contributed by atoms with E-state index < -0.39 is 0 Å². The summed E-state index contributed by atoms with van der Waals surface area (Å²) in [4.78, 5) is 14.5. The minimum absolute atomic E-state index is 0.0324. The van der Waals surface area contributed by atoms with Crippen LogP contribution in [-0.2, 0) is 24.7 Å². The van der Waals surface area contributed by atoms with Crippen molar-refractivity contribution in [2.75, 3.05) is 31.2 Å². The lowest BCUT2D eigenvalue weighted by molar-refractivity contribution is -0.133. The maximum Gasteiger partial charge on any atom is 0.260 e. The van der Waals surface area contributed by atoms with Gasteiger partial charge in [0, 0.05) is 43.6 Å². The third-order valence-corrected chi connectivity index (χ3v) is 6.99. The largest absolute Gasteiger partial charge is 0.468 e. The molecule has 0 N–H and O–H groups in total. The predicted molar refractivity (Wildman–Crippen MR) is 136 cm³/mol. The highest BCUT2D eigenvalue weighted by molar-refractivity contribution is 7.99. The zero-order chi connectivity index (χ0) is 23.9. The van der Waals surface area contributed by atoms with Crippen LogP contribution in [0.15, 0.2) is 48.5 Å². The van der Waals surface area contributed by atoms with Crippen molar-refractivity contribution >= 4 is 17.7 Å². The Hall–Kier alpha value is -3.24. The molecule has 0 aliphatic carbocycles. The van der Waals surface area contributed by atoms with Gasteiger partial charge in [0.2, 0.25) is 5.88 Å². The number of carbonyl (C=O) groups is 1. The van der Waals surface area contributed by atoms with Gasteiger partial charge in [0.25, 0.3) is 5.91 Å². The summed E-state index contributed by atoms with van der Waals surface area (Å²) in [6.07, 6.45) is 2.52. The number of amides is 1. The molecule has 176 valence electrons. The molecule has 6 nitrogen and oxygen atoms in total. The van der Waals surface area contributed by atoms with E-state index in [4.69, 9.17) is 9.84 Å². The first kappa shape index (κ1) is 23.9. The van der Waals surface area contributed by atoms with Crippen molar-refractivity contribution in [1.29, 1.82) is 5.26 Å². The van der Waals surface area contributed by atoms with Crippen LogP contribution >= 0.6 is 11.8 Å². The van der Waals surface area contributed by atoms with Gasteiger partial charge in [-0.2, -0.15) is 22.1 Å². The summed E-state index contributed by atoms with van der Waals surface area (Å²) in [5.41, 5.74) is 5.80. The average Bonchev–Trinajstić information content (AvgIpc) is 3.17. The van der Waals surface area contributed by atoms with Gasteiger partial charge in [-0.25, -0.2) is 4.68 Å². The number of aromatic nitrogens is 2. The summed E-state index contributed by atoms with van der Waals surface area (Å²) in [5, 5.41) is 14.1. The summed E-state index contributed by atoms with van der Waals surface area (Å²) in [6, 6.07) is 18.2. The number of nitrogens with zero attached hydrogens (tertiary/aromatic N) is 4. The first-order valence-electron chi connectivity index (χ1n) is 11.7. The summed E-state index contributed by atoms with van der Waals surface area (Å²) in [7, 11) is 1.88. The Morgan fingerprint density at radius 2 is 1.88 bits per heavy atom. The average molecular weight is 475 g/mol. The Morgan fingerprint density at radius 3 is 2.59 bits per heavy atom. The lowest BCUT2D eigenvalue weighted by atomic mass is 9.97. The molecular formula is C27H30N4O2S. The fourth-order valence-electron chi connectivity index (χ4n) is 4.27. The smallest absolute Gasteiger partial charge is 0.260 e. The normalized spacial score (nSPS) is 13.5. The van der Waals surface area contributed by atoms with Crippen LogP contribution in [0.25, 0.3) is 11.1 Å². The maximum atomic E-state index is 12.6. The number of ether oxygens (including phenoxy) is 1. The van der Waals surface area contributed by atoms with Crippen LogP contribution in [0.5, 0.6) is 5.88 Å². The molecule has 1 aliphatic rings. The molecule has 2 aromatic carbocycles. The highest BCUT2D eigenvalue weighted by Crippen LogP contribution is 2.28. The fourth-order valence-corrected chi connectivity index (χ4v) is 5.18. The Morgan fingerprint density at radius 1 is 1.15 bits per heavy atom. The van der Waals surface area contributed by atoms with Gasteiger partial charge in [-0.05, 0) is 29.2 Å².